The molecule has 0 saturated carbocycles. The molecule has 0 aliphatic rings. The van der Waals surface area contributed by atoms with Crippen molar-refractivity contribution < 1.29 is 0 Å². The quantitative estimate of drug-likeness (QED) is 0.685. The Kier molecular flexibility index (Phi) is 2.97. The van der Waals surface area contributed by atoms with Gasteiger partial charge in [0.15, 0.2) is 0 Å². The predicted octanol–water partition coefficient (Wildman–Crippen LogP) is 4.21. The zero-order chi connectivity index (χ0) is 13.2. The van der Waals surface area contributed by atoms with E-state index in [0.29, 0.717) is 10.7 Å². The average molecular weight is 270 g/mol. The molecule has 0 atom stereocenters. The molecule has 3 aromatic rings. The molecule has 0 aliphatic heterocycles. The number of nitrogens with zero attached hydrogens (tertiary/aromatic N) is 1. The summed E-state index contributed by atoms with van der Waals surface area (Å²) in [7, 11) is 0. The van der Waals surface area contributed by atoms with Crippen LogP contribution in [0, 0.1) is 0 Å². The molecule has 0 unspecified atom stereocenters. The van der Waals surface area contributed by atoms with Gasteiger partial charge in [0.05, 0.1) is 0 Å². The molecule has 1 heterocycles. The zero-order valence-electron chi connectivity index (χ0n) is 10.1. The highest BCUT2D eigenvalue weighted by molar-refractivity contribution is 6.32. The highest BCUT2D eigenvalue weighted by Crippen LogP contribution is 2.31. The van der Waals surface area contributed by atoms with Gasteiger partial charge in [0.1, 0.15) is 5.82 Å². The first kappa shape index (κ1) is 11.8. The summed E-state index contributed by atoms with van der Waals surface area (Å²) in [6.07, 6.45) is 1.73. The van der Waals surface area contributed by atoms with Crippen LogP contribution in [0.1, 0.15) is 0 Å². The van der Waals surface area contributed by atoms with Crippen LogP contribution in [0.2, 0.25) is 5.02 Å². The van der Waals surface area contributed by atoms with Crippen molar-refractivity contribution in [2.75, 3.05) is 11.1 Å². The molecule has 0 aliphatic carbocycles. The Bertz CT molecular complexity index is 726. The molecule has 0 radical (unpaired) electrons. The summed E-state index contributed by atoms with van der Waals surface area (Å²) >= 11 is 6.06. The van der Waals surface area contributed by atoms with Gasteiger partial charge in [0.25, 0.3) is 0 Å². The van der Waals surface area contributed by atoms with Crippen molar-refractivity contribution >= 4 is 39.6 Å². The summed E-state index contributed by atoms with van der Waals surface area (Å²) in [5.41, 5.74) is 7.61. The van der Waals surface area contributed by atoms with Crippen LogP contribution in [-0.2, 0) is 0 Å². The lowest BCUT2D eigenvalue weighted by Gasteiger charge is -2.10. The summed E-state index contributed by atoms with van der Waals surface area (Å²) in [5, 5.41) is 5.74. The maximum absolute atomic E-state index is 6.06. The molecule has 2 aromatic carbocycles. The van der Waals surface area contributed by atoms with Crippen LogP contribution in [0.3, 0.4) is 0 Å². The minimum atomic E-state index is 0.606. The van der Waals surface area contributed by atoms with E-state index in [1.54, 1.807) is 12.3 Å². The van der Waals surface area contributed by atoms with Crippen molar-refractivity contribution in [3.8, 4) is 0 Å². The van der Waals surface area contributed by atoms with Gasteiger partial charge in [-0.1, -0.05) is 29.8 Å². The Morgan fingerprint density at radius 1 is 1.00 bits per heavy atom. The summed E-state index contributed by atoms with van der Waals surface area (Å²) in [4.78, 5) is 4.36. The van der Waals surface area contributed by atoms with E-state index in [2.05, 4.69) is 10.3 Å². The summed E-state index contributed by atoms with van der Waals surface area (Å²) < 4.78 is 0. The number of fused-ring (bicyclic) bond motifs is 1. The third-order valence-corrected chi connectivity index (χ3v) is 3.13. The standard InChI is InChI=1S/C15H12ClN3/c16-10-8-13-12(14(17)9-10)6-7-18-15(13)19-11-4-2-1-3-5-11/h1-9H,17H2,(H,18,19). The molecule has 0 spiro atoms. The van der Waals surface area contributed by atoms with E-state index in [1.807, 2.05) is 42.5 Å². The Hall–Kier alpha value is -2.26. The van der Waals surface area contributed by atoms with Gasteiger partial charge in [-0.05, 0) is 30.3 Å². The number of hydrogen-bond acceptors (Lipinski definition) is 3. The first-order valence-corrected chi connectivity index (χ1v) is 6.27. The smallest absolute Gasteiger partial charge is 0.138 e. The van der Waals surface area contributed by atoms with E-state index >= 15 is 0 Å². The normalized spacial score (nSPS) is 10.6. The lowest BCUT2D eigenvalue weighted by molar-refractivity contribution is 1.34. The summed E-state index contributed by atoms with van der Waals surface area (Å²) in [5.74, 6) is 0.748. The maximum Gasteiger partial charge on any atom is 0.138 e. The van der Waals surface area contributed by atoms with E-state index in [-0.39, 0.29) is 0 Å². The number of aromatic nitrogens is 1. The maximum atomic E-state index is 6.06. The molecule has 3 nitrogen and oxygen atoms in total. The molecule has 1 aromatic heterocycles. The van der Waals surface area contributed by atoms with Crippen LogP contribution in [0.5, 0.6) is 0 Å². The first-order valence-electron chi connectivity index (χ1n) is 5.90. The Balaban J connectivity index is 2.14. The molecule has 3 N–H and O–H groups in total. The van der Waals surface area contributed by atoms with E-state index in [0.717, 1.165) is 22.3 Å². The van der Waals surface area contributed by atoms with E-state index < -0.39 is 0 Å². The van der Waals surface area contributed by atoms with Gasteiger partial charge in [-0.15, -0.1) is 0 Å². The topological polar surface area (TPSA) is 50.9 Å². The second-order valence-corrected chi connectivity index (χ2v) is 4.68. The van der Waals surface area contributed by atoms with Crippen LogP contribution in [-0.4, -0.2) is 4.98 Å². The average Bonchev–Trinajstić information content (AvgIpc) is 2.41. The number of anilines is 3. The molecule has 0 fully saturated rings. The van der Waals surface area contributed by atoms with Crippen molar-refractivity contribution in [1.29, 1.82) is 0 Å². The number of nitrogens with two attached hydrogens (primary N) is 1. The number of benzene rings is 2. The number of hydrogen-bond donors (Lipinski definition) is 2. The Labute approximate surface area is 116 Å². The fourth-order valence-electron chi connectivity index (χ4n) is 2.03. The van der Waals surface area contributed by atoms with Gasteiger partial charge >= 0.3 is 0 Å². The number of pyridine rings is 1. The van der Waals surface area contributed by atoms with Crippen LogP contribution in [0.4, 0.5) is 17.2 Å². The highest BCUT2D eigenvalue weighted by atomic mass is 35.5. The molecule has 19 heavy (non-hydrogen) atoms. The minimum absolute atomic E-state index is 0.606. The SMILES string of the molecule is Nc1cc(Cl)cc2c(Nc3ccccc3)nccc12. The largest absolute Gasteiger partial charge is 0.398 e. The number of para-hydroxylation sites is 1. The fraction of sp³-hybridized carbons (Fsp3) is 0. The monoisotopic (exact) mass is 269 g/mol. The van der Waals surface area contributed by atoms with Gasteiger partial charge in [-0.3, -0.25) is 0 Å². The molecule has 3 rings (SSSR count). The van der Waals surface area contributed by atoms with E-state index in [1.165, 1.54) is 0 Å². The van der Waals surface area contributed by atoms with Crippen molar-refractivity contribution in [1.82, 2.24) is 4.98 Å². The summed E-state index contributed by atoms with van der Waals surface area (Å²) in [6, 6.07) is 15.4. The van der Waals surface area contributed by atoms with Gasteiger partial charge < -0.3 is 11.1 Å². The summed E-state index contributed by atoms with van der Waals surface area (Å²) in [6.45, 7) is 0. The van der Waals surface area contributed by atoms with Crippen LogP contribution >= 0.6 is 11.6 Å². The lowest BCUT2D eigenvalue weighted by Crippen LogP contribution is -1.96. The van der Waals surface area contributed by atoms with Crippen molar-refractivity contribution in [3.63, 3.8) is 0 Å². The lowest BCUT2D eigenvalue weighted by atomic mass is 10.1. The zero-order valence-corrected chi connectivity index (χ0v) is 10.9. The van der Waals surface area contributed by atoms with Crippen LogP contribution in [0.15, 0.2) is 54.7 Å². The van der Waals surface area contributed by atoms with Gasteiger partial charge in [-0.25, -0.2) is 4.98 Å². The third kappa shape index (κ3) is 2.33. The molecule has 94 valence electrons. The second-order valence-electron chi connectivity index (χ2n) is 4.24. The molecular weight excluding hydrogens is 258 g/mol. The second kappa shape index (κ2) is 4.78. The van der Waals surface area contributed by atoms with E-state index in [9.17, 15) is 0 Å². The Morgan fingerprint density at radius 2 is 1.79 bits per heavy atom. The minimum Gasteiger partial charge on any atom is -0.398 e. The van der Waals surface area contributed by atoms with Crippen molar-refractivity contribution in [3.05, 3.63) is 59.8 Å². The number of halogens is 1. The number of nitrogens with one attached hydrogen (secondary N) is 1. The van der Waals surface area contributed by atoms with Crippen LogP contribution < -0.4 is 11.1 Å². The van der Waals surface area contributed by atoms with Crippen LogP contribution in [0.25, 0.3) is 10.8 Å². The van der Waals surface area contributed by atoms with E-state index in [4.69, 9.17) is 17.3 Å². The predicted molar refractivity (Wildman–Crippen MR) is 80.9 cm³/mol. The van der Waals surface area contributed by atoms with Gasteiger partial charge in [0.2, 0.25) is 0 Å². The fourth-order valence-corrected chi connectivity index (χ4v) is 2.26. The van der Waals surface area contributed by atoms with Crippen molar-refractivity contribution in [2.45, 2.75) is 0 Å². The molecule has 4 heteroatoms. The number of nitrogen functional groups attached to an aromatic ring is 1. The third-order valence-electron chi connectivity index (χ3n) is 2.91. The van der Waals surface area contributed by atoms with Gasteiger partial charge in [-0.2, -0.15) is 0 Å². The number of rotatable bonds is 2. The van der Waals surface area contributed by atoms with Gasteiger partial charge in [0, 0.05) is 33.4 Å². The molecule has 0 amide bonds. The Morgan fingerprint density at radius 3 is 2.58 bits per heavy atom. The molecule has 0 bridgehead atoms. The molecule has 0 saturated heterocycles. The highest BCUT2D eigenvalue weighted by Gasteiger charge is 2.06. The molecular formula is C15H12ClN3. The first-order chi connectivity index (χ1) is 9.24. The van der Waals surface area contributed by atoms with Crippen molar-refractivity contribution in [2.24, 2.45) is 0 Å².